The number of aliphatic hydroxyl groups excluding tert-OH is 1. The minimum Gasteiger partial charge on any atom is -0.396 e. The fraction of sp³-hybridized carbons (Fsp3) is 0.500. The van der Waals surface area contributed by atoms with E-state index in [2.05, 4.69) is 47.6 Å². The number of aliphatic hydroxyl groups is 1. The molecule has 4 nitrogen and oxygen atoms in total. The number of nitrogens with zero attached hydrogens (tertiary/aromatic N) is 2. The predicted molar refractivity (Wildman–Crippen MR) is 95.4 cm³/mol. The molecule has 2 N–H and O–H groups in total. The normalized spacial score (nSPS) is 10.9. The molecule has 0 unspecified atom stereocenters. The van der Waals surface area contributed by atoms with Crippen LogP contribution >= 0.6 is 23.1 Å². The number of para-hydroxylation sites is 1. The van der Waals surface area contributed by atoms with Gasteiger partial charge in [0.2, 0.25) is 5.13 Å². The van der Waals surface area contributed by atoms with Gasteiger partial charge in [-0.05, 0) is 37.3 Å². The van der Waals surface area contributed by atoms with Gasteiger partial charge in [-0.2, -0.15) is 0 Å². The molecule has 0 fully saturated rings. The number of anilines is 2. The minimum atomic E-state index is 0.285. The molecule has 1 heterocycles. The average molecular weight is 338 g/mol. The first-order chi connectivity index (χ1) is 10.7. The van der Waals surface area contributed by atoms with Crippen LogP contribution in [0.15, 0.2) is 22.5 Å². The van der Waals surface area contributed by atoms with Crippen LogP contribution in [0.3, 0.4) is 0 Å². The third-order valence-electron chi connectivity index (χ3n) is 3.41. The summed E-state index contributed by atoms with van der Waals surface area (Å²) < 4.78 is 0.998. The number of unbranched alkanes of at least 4 members (excludes halogenated alkanes) is 2. The smallest absolute Gasteiger partial charge is 0.210 e. The van der Waals surface area contributed by atoms with Crippen LogP contribution in [0.4, 0.5) is 10.8 Å². The molecule has 0 saturated heterocycles. The number of nitrogens with one attached hydrogen (secondary N) is 1. The molecule has 0 atom stereocenters. The molecule has 0 bridgehead atoms. The lowest BCUT2D eigenvalue weighted by atomic mass is 10.1. The van der Waals surface area contributed by atoms with E-state index in [0.29, 0.717) is 0 Å². The first-order valence-electron chi connectivity index (χ1n) is 7.67. The summed E-state index contributed by atoms with van der Waals surface area (Å²) in [6.07, 6.45) is 4.05. The van der Waals surface area contributed by atoms with E-state index in [1.54, 1.807) is 23.1 Å². The van der Waals surface area contributed by atoms with Crippen molar-refractivity contribution in [2.75, 3.05) is 17.7 Å². The second kappa shape index (κ2) is 9.12. The summed E-state index contributed by atoms with van der Waals surface area (Å²) in [5.41, 5.74) is 3.68. The Balaban J connectivity index is 1.92. The highest BCUT2D eigenvalue weighted by molar-refractivity contribution is 8.01. The van der Waals surface area contributed by atoms with Gasteiger partial charge in [-0.15, -0.1) is 10.2 Å². The number of aromatic nitrogens is 2. The third kappa shape index (κ3) is 4.97. The van der Waals surface area contributed by atoms with Crippen molar-refractivity contribution in [1.82, 2.24) is 10.2 Å². The number of hydrogen-bond acceptors (Lipinski definition) is 6. The number of rotatable bonds is 9. The second-order valence-corrected chi connectivity index (χ2v) is 7.41. The van der Waals surface area contributed by atoms with E-state index in [4.69, 9.17) is 5.11 Å². The van der Waals surface area contributed by atoms with Crippen LogP contribution in [0.2, 0.25) is 0 Å². The molecule has 1 aromatic heterocycles. The summed E-state index contributed by atoms with van der Waals surface area (Å²) >= 11 is 3.34. The van der Waals surface area contributed by atoms with E-state index in [-0.39, 0.29) is 6.61 Å². The van der Waals surface area contributed by atoms with Gasteiger partial charge in [-0.3, -0.25) is 0 Å². The van der Waals surface area contributed by atoms with Crippen molar-refractivity contribution in [1.29, 1.82) is 0 Å². The van der Waals surface area contributed by atoms with Crippen molar-refractivity contribution in [3.05, 3.63) is 29.3 Å². The Kier molecular flexibility index (Phi) is 7.15. The topological polar surface area (TPSA) is 58.0 Å². The molecule has 0 aliphatic rings. The Morgan fingerprint density at radius 2 is 2.09 bits per heavy atom. The molecule has 2 aromatic rings. The Morgan fingerprint density at radius 1 is 1.23 bits per heavy atom. The lowest BCUT2D eigenvalue weighted by Crippen LogP contribution is -1.97. The first kappa shape index (κ1) is 17.2. The number of hydrogen-bond donors (Lipinski definition) is 2. The standard InChI is InChI=1S/C16H23N3OS2/c1-3-13-9-7-8-12(2)14(13)17-15-18-19-16(22-15)21-11-6-4-5-10-20/h7-9,20H,3-6,10-11H2,1-2H3,(H,17,18). The maximum atomic E-state index is 8.76. The van der Waals surface area contributed by atoms with Crippen molar-refractivity contribution < 1.29 is 5.11 Å². The summed E-state index contributed by atoms with van der Waals surface area (Å²) in [6.45, 7) is 4.56. The zero-order chi connectivity index (χ0) is 15.8. The second-order valence-electron chi connectivity index (χ2n) is 5.09. The van der Waals surface area contributed by atoms with Gasteiger partial charge in [0.15, 0.2) is 4.34 Å². The molecular weight excluding hydrogens is 314 g/mol. The molecular formula is C16H23N3OS2. The van der Waals surface area contributed by atoms with Gasteiger partial charge in [-0.25, -0.2) is 0 Å². The summed E-state index contributed by atoms with van der Waals surface area (Å²) in [4.78, 5) is 0. The maximum absolute atomic E-state index is 8.76. The number of benzene rings is 1. The average Bonchev–Trinajstić information content (AvgIpc) is 2.97. The summed E-state index contributed by atoms with van der Waals surface area (Å²) in [5, 5.41) is 21.5. The van der Waals surface area contributed by atoms with Gasteiger partial charge in [0, 0.05) is 18.0 Å². The first-order valence-corrected chi connectivity index (χ1v) is 9.47. The molecule has 6 heteroatoms. The van der Waals surface area contributed by atoms with Gasteiger partial charge in [-0.1, -0.05) is 54.6 Å². The van der Waals surface area contributed by atoms with Crippen LogP contribution < -0.4 is 5.32 Å². The van der Waals surface area contributed by atoms with Crippen molar-refractivity contribution in [2.24, 2.45) is 0 Å². The van der Waals surface area contributed by atoms with Crippen LogP contribution in [-0.4, -0.2) is 27.7 Å². The molecule has 1 aromatic carbocycles. The molecule has 0 aliphatic heterocycles. The van der Waals surface area contributed by atoms with Gasteiger partial charge >= 0.3 is 0 Å². The van der Waals surface area contributed by atoms with Crippen LogP contribution in [-0.2, 0) is 6.42 Å². The van der Waals surface area contributed by atoms with E-state index in [0.717, 1.165) is 46.6 Å². The highest BCUT2D eigenvalue weighted by atomic mass is 32.2. The zero-order valence-corrected chi connectivity index (χ0v) is 14.8. The highest BCUT2D eigenvalue weighted by Crippen LogP contribution is 2.31. The van der Waals surface area contributed by atoms with Crippen molar-refractivity contribution in [3.8, 4) is 0 Å². The summed E-state index contributed by atoms with van der Waals surface area (Å²) in [5.74, 6) is 1.03. The lowest BCUT2D eigenvalue weighted by Gasteiger charge is -2.11. The van der Waals surface area contributed by atoms with Crippen molar-refractivity contribution in [3.63, 3.8) is 0 Å². The van der Waals surface area contributed by atoms with E-state index < -0.39 is 0 Å². The van der Waals surface area contributed by atoms with E-state index >= 15 is 0 Å². The fourth-order valence-corrected chi connectivity index (χ4v) is 4.00. The zero-order valence-electron chi connectivity index (χ0n) is 13.1. The Morgan fingerprint density at radius 3 is 2.86 bits per heavy atom. The predicted octanol–water partition coefficient (Wildman–Crippen LogP) is 4.41. The summed E-state index contributed by atoms with van der Waals surface area (Å²) in [7, 11) is 0. The van der Waals surface area contributed by atoms with Gasteiger partial charge < -0.3 is 10.4 Å². The van der Waals surface area contributed by atoms with Gasteiger partial charge in [0.05, 0.1) is 0 Å². The van der Waals surface area contributed by atoms with Crippen LogP contribution in [0.25, 0.3) is 0 Å². The molecule has 22 heavy (non-hydrogen) atoms. The minimum absolute atomic E-state index is 0.285. The van der Waals surface area contributed by atoms with E-state index in [1.807, 2.05) is 0 Å². The fourth-order valence-electron chi connectivity index (χ4n) is 2.18. The Labute approximate surface area is 140 Å². The van der Waals surface area contributed by atoms with E-state index in [9.17, 15) is 0 Å². The van der Waals surface area contributed by atoms with Crippen molar-refractivity contribution >= 4 is 33.9 Å². The van der Waals surface area contributed by atoms with Gasteiger partial charge in [0.1, 0.15) is 0 Å². The largest absolute Gasteiger partial charge is 0.396 e. The molecule has 0 amide bonds. The van der Waals surface area contributed by atoms with Crippen LogP contribution in [0.5, 0.6) is 0 Å². The SMILES string of the molecule is CCc1cccc(C)c1Nc1nnc(SCCCCCO)s1. The van der Waals surface area contributed by atoms with Crippen LogP contribution in [0, 0.1) is 6.92 Å². The third-order valence-corrected chi connectivity index (χ3v) is 5.46. The quantitative estimate of drug-likeness (QED) is 0.524. The molecule has 0 aliphatic carbocycles. The highest BCUT2D eigenvalue weighted by Gasteiger charge is 2.09. The molecule has 0 spiro atoms. The molecule has 0 radical (unpaired) electrons. The van der Waals surface area contributed by atoms with Crippen LogP contribution in [0.1, 0.15) is 37.3 Å². The number of thioether (sulfide) groups is 1. The maximum Gasteiger partial charge on any atom is 0.210 e. The van der Waals surface area contributed by atoms with Crippen molar-refractivity contribution in [2.45, 2.75) is 43.9 Å². The Bertz CT molecular complexity index is 587. The molecule has 0 saturated carbocycles. The Hall–Kier alpha value is -1.11. The molecule has 120 valence electrons. The van der Waals surface area contributed by atoms with E-state index in [1.165, 1.54) is 11.1 Å². The number of aryl methyl sites for hydroxylation is 2. The monoisotopic (exact) mass is 337 g/mol. The molecule has 2 rings (SSSR count). The van der Waals surface area contributed by atoms with Gasteiger partial charge in [0.25, 0.3) is 0 Å². The lowest BCUT2D eigenvalue weighted by molar-refractivity contribution is 0.284. The summed E-state index contributed by atoms with van der Waals surface area (Å²) in [6, 6.07) is 6.35.